The molecule has 0 bridgehead atoms. The van der Waals surface area contributed by atoms with Crippen molar-refractivity contribution in [2.45, 2.75) is 25.2 Å². The van der Waals surface area contributed by atoms with Crippen LogP contribution >= 0.6 is 0 Å². The molecular formula is C13H19NO2. The molecular weight excluding hydrogens is 202 g/mol. The molecule has 3 nitrogen and oxygen atoms in total. The van der Waals surface area contributed by atoms with Crippen molar-refractivity contribution in [2.24, 2.45) is 11.1 Å². The Kier molecular flexibility index (Phi) is 3.17. The molecule has 0 aliphatic heterocycles. The molecule has 1 fully saturated rings. The van der Waals surface area contributed by atoms with Crippen LogP contribution in [-0.4, -0.2) is 23.4 Å². The summed E-state index contributed by atoms with van der Waals surface area (Å²) in [5, 5.41) is 18.8. The molecule has 2 rings (SSSR count). The summed E-state index contributed by atoms with van der Waals surface area (Å²) in [6, 6.07) is 7.18. The molecule has 1 aliphatic carbocycles. The van der Waals surface area contributed by atoms with Gasteiger partial charge < -0.3 is 15.9 Å². The highest BCUT2D eigenvalue weighted by atomic mass is 16.3. The summed E-state index contributed by atoms with van der Waals surface area (Å²) in [6.07, 6.45) is 3.27. The molecule has 1 aromatic carbocycles. The predicted molar refractivity (Wildman–Crippen MR) is 63.3 cm³/mol. The molecule has 3 heteroatoms. The third-order valence-electron chi connectivity index (χ3n) is 3.93. The Labute approximate surface area is 95.9 Å². The van der Waals surface area contributed by atoms with E-state index in [9.17, 15) is 10.2 Å². The van der Waals surface area contributed by atoms with E-state index in [0.717, 1.165) is 18.4 Å². The molecule has 1 saturated carbocycles. The van der Waals surface area contributed by atoms with Crippen molar-refractivity contribution >= 4 is 0 Å². The van der Waals surface area contributed by atoms with Crippen LogP contribution in [0.3, 0.4) is 0 Å². The topological polar surface area (TPSA) is 66.5 Å². The molecule has 0 heterocycles. The number of hydrogen-bond acceptors (Lipinski definition) is 3. The van der Waals surface area contributed by atoms with Crippen LogP contribution in [0.15, 0.2) is 24.3 Å². The molecule has 1 aromatic rings. The highest BCUT2D eigenvalue weighted by Gasteiger charge is 2.43. The van der Waals surface area contributed by atoms with E-state index in [0.29, 0.717) is 6.54 Å². The number of phenols is 1. The molecule has 16 heavy (non-hydrogen) atoms. The van der Waals surface area contributed by atoms with E-state index < -0.39 is 0 Å². The lowest BCUT2D eigenvalue weighted by molar-refractivity contribution is 0.0192. The summed E-state index contributed by atoms with van der Waals surface area (Å²) >= 11 is 0. The first kappa shape index (κ1) is 11.4. The lowest BCUT2D eigenvalue weighted by atomic mass is 9.60. The second-order valence-corrected chi connectivity index (χ2v) is 4.75. The van der Waals surface area contributed by atoms with Crippen molar-refractivity contribution in [3.63, 3.8) is 0 Å². The van der Waals surface area contributed by atoms with Gasteiger partial charge in [0, 0.05) is 17.9 Å². The lowest BCUT2D eigenvalue weighted by Crippen LogP contribution is -2.42. The van der Waals surface area contributed by atoms with Crippen LogP contribution < -0.4 is 5.73 Å². The van der Waals surface area contributed by atoms with Crippen molar-refractivity contribution in [3.8, 4) is 5.75 Å². The maximum absolute atomic E-state index is 9.55. The second-order valence-electron chi connectivity index (χ2n) is 4.75. The number of aromatic hydroxyl groups is 1. The van der Waals surface area contributed by atoms with Gasteiger partial charge in [0.05, 0.1) is 0 Å². The standard InChI is InChI=1S/C13H19NO2/c14-8-12(13(9-15)6-1-7-13)10-2-4-11(16)5-3-10/h2-5,12,15-16H,1,6-9,14H2. The van der Waals surface area contributed by atoms with E-state index in [2.05, 4.69) is 0 Å². The largest absolute Gasteiger partial charge is 0.508 e. The van der Waals surface area contributed by atoms with Crippen LogP contribution in [-0.2, 0) is 0 Å². The summed E-state index contributed by atoms with van der Waals surface area (Å²) in [5.74, 6) is 0.470. The van der Waals surface area contributed by atoms with E-state index in [1.165, 1.54) is 6.42 Å². The van der Waals surface area contributed by atoms with E-state index >= 15 is 0 Å². The van der Waals surface area contributed by atoms with Gasteiger partial charge in [-0.05, 0) is 37.1 Å². The van der Waals surface area contributed by atoms with E-state index in [4.69, 9.17) is 5.73 Å². The smallest absolute Gasteiger partial charge is 0.115 e. The van der Waals surface area contributed by atoms with Crippen LogP contribution in [0.1, 0.15) is 30.7 Å². The maximum Gasteiger partial charge on any atom is 0.115 e. The third-order valence-corrected chi connectivity index (χ3v) is 3.93. The average molecular weight is 221 g/mol. The summed E-state index contributed by atoms with van der Waals surface area (Å²) in [4.78, 5) is 0. The highest BCUT2D eigenvalue weighted by molar-refractivity contribution is 5.30. The minimum absolute atomic E-state index is 0.0221. The van der Waals surface area contributed by atoms with Crippen LogP contribution in [0.4, 0.5) is 0 Å². The van der Waals surface area contributed by atoms with Gasteiger partial charge in [0.1, 0.15) is 5.75 Å². The highest BCUT2D eigenvalue weighted by Crippen LogP contribution is 2.50. The van der Waals surface area contributed by atoms with Gasteiger partial charge in [-0.2, -0.15) is 0 Å². The van der Waals surface area contributed by atoms with Gasteiger partial charge in [-0.3, -0.25) is 0 Å². The normalized spacial score (nSPS) is 20.1. The van der Waals surface area contributed by atoms with Crippen molar-refractivity contribution in [3.05, 3.63) is 29.8 Å². The average Bonchev–Trinajstić information content (AvgIpc) is 2.25. The van der Waals surface area contributed by atoms with Gasteiger partial charge in [-0.25, -0.2) is 0 Å². The van der Waals surface area contributed by atoms with Crippen molar-refractivity contribution < 1.29 is 10.2 Å². The first-order valence-corrected chi connectivity index (χ1v) is 5.82. The summed E-state index contributed by atoms with van der Waals surface area (Å²) in [7, 11) is 0. The second kappa shape index (κ2) is 4.44. The fraction of sp³-hybridized carbons (Fsp3) is 0.538. The zero-order valence-corrected chi connectivity index (χ0v) is 9.39. The van der Waals surface area contributed by atoms with Crippen LogP contribution in [0.2, 0.25) is 0 Å². The van der Waals surface area contributed by atoms with Gasteiger partial charge in [0.2, 0.25) is 0 Å². The Morgan fingerprint density at radius 3 is 2.25 bits per heavy atom. The van der Waals surface area contributed by atoms with E-state index in [1.54, 1.807) is 12.1 Å². The Bertz CT molecular complexity index is 338. The molecule has 0 spiro atoms. The number of benzene rings is 1. The molecule has 0 amide bonds. The number of phenolic OH excluding ortho intramolecular Hbond substituents is 1. The van der Waals surface area contributed by atoms with Gasteiger partial charge in [-0.15, -0.1) is 0 Å². The van der Waals surface area contributed by atoms with Crippen molar-refractivity contribution in [1.29, 1.82) is 0 Å². The first-order valence-electron chi connectivity index (χ1n) is 5.82. The maximum atomic E-state index is 9.55. The molecule has 88 valence electrons. The Balaban J connectivity index is 2.25. The molecule has 4 N–H and O–H groups in total. The fourth-order valence-electron chi connectivity index (χ4n) is 2.69. The number of hydrogen-bond donors (Lipinski definition) is 3. The quantitative estimate of drug-likeness (QED) is 0.723. The van der Waals surface area contributed by atoms with Gasteiger partial charge in [-0.1, -0.05) is 18.6 Å². The number of nitrogens with two attached hydrogens (primary N) is 1. The van der Waals surface area contributed by atoms with Gasteiger partial charge in [0.15, 0.2) is 0 Å². The van der Waals surface area contributed by atoms with Crippen LogP contribution in [0, 0.1) is 5.41 Å². The zero-order valence-electron chi connectivity index (χ0n) is 9.39. The molecule has 0 saturated heterocycles. The number of rotatable bonds is 4. The Morgan fingerprint density at radius 2 is 1.88 bits per heavy atom. The van der Waals surface area contributed by atoms with E-state index in [1.807, 2.05) is 12.1 Å². The Morgan fingerprint density at radius 1 is 1.25 bits per heavy atom. The predicted octanol–water partition coefficient (Wildman–Crippen LogP) is 1.60. The van der Waals surface area contributed by atoms with Crippen LogP contribution in [0.5, 0.6) is 5.75 Å². The molecule has 1 aliphatic rings. The number of aliphatic hydroxyl groups is 1. The SMILES string of the molecule is NCC(c1ccc(O)cc1)C1(CO)CCC1. The molecule has 1 unspecified atom stereocenters. The summed E-state index contributed by atoms with van der Waals surface area (Å²) in [5.41, 5.74) is 6.94. The number of aliphatic hydroxyl groups excluding tert-OH is 1. The van der Waals surface area contributed by atoms with Gasteiger partial charge in [0.25, 0.3) is 0 Å². The third kappa shape index (κ3) is 1.81. The zero-order chi connectivity index (χ0) is 11.6. The summed E-state index contributed by atoms with van der Waals surface area (Å²) in [6.45, 7) is 0.751. The molecule has 1 atom stereocenters. The van der Waals surface area contributed by atoms with Crippen molar-refractivity contribution in [1.82, 2.24) is 0 Å². The monoisotopic (exact) mass is 221 g/mol. The van der Waals surface area contributed by atoms with E-state index in [-0.39, 0.29) is 23.7 Å². The Hall–Kier alpha value is -1.06. The fourth-order valence-corrected chi connectivity index (χ4v) is 2.69. The van der Waals surface area contributed by atoms with Gasteiger partial charge >= 0.3 is 0 Å². The van der Waals surface area contributed by atoms with Crippen LogP contribution in [0.25, 0.3) is 0 Å². The first-order chi connectivity index (χ1) is 7.72. The molecule has 0 radical (unpaired) electrons. The lowest BCUT2D eigenvalue weighted by Gasteiger charge is -2.46. The molecule has 0 aromatic heterocycles. The minimum atomic E-state index is -0.0221. The minimum Gasteiger partial charge on any atom is -0.508 e. The van der Waals surface area contributed by atoms with Crippen molar-refractivity contribution in [2.75, 3.05) is 13.2 Å². The summed E-state index contributed by atoms with van der Waals surface area (Å²) < 4.78 is 0.